The molecule has 1 fully saturated rings. The molecule has 0 unspecified atom stereocenters. The van der Waals surface area contributed by atoms with E-state index in [0.29, 0.717) is 51.4 Å². The lowest BCUT2D eigenvalue weighted by molar-refractivity contribution is -0.114. The maximum absolute atomic E-state index is 15.1. The first-order valence-corrected chi connectivity index (χ1v) is 11.6. The number of amides is 2. The number of nitrogens with zero attached hydrogens (tertiary/aromatic N) is 4. The lowest BCUT2D eigenvalue weighted by atomic mass is 10.1. The molecule has 0 bridgehead atoms. The first-order chi connectivity index (χ1) is 16.5. The molecule has 1 aliphatic rings. The van der Waals surface area contributed by atoms with Crippen molar-refractivity contribution in [3.05, 3.63) is 60.3 Å². The van der Waals surface area contributed by atoms with Gasteiger partial charge < -0.3 is 15.2 Å². The van der Waals surface area contributed by atoms with Gasteiger partial charge in [0.25, 0.3) is 5.91 Å². The van der Waals surface area contributed by atoms with Crippen LogP contribution in [-0.4, -0.2) is 49.7 Å². The summed E-state index contributed by atoms with van der Waals surface area (Å²) in [6, 6.07) is 7.87. The third-order valence-electron chi connectivity index (χ3n) is 5.51. The summed E-state index contributed by atoms with van der Waals surface area (Å²) in [6.45, 7) is 2.83. The van der Waals surface area contributed by atoms with Gasteiger partial charge in [-0.15, -0.1) is 11.3 Å². The summed E-state index contributed by atoms with van der Waals surface area (Å²) in [5.41, 5.74) is 1.76. The molecular formula is C24H21FN6O2S. The van der Waals surface area contributed by atoms with E-state index in [0.717, 1.165) is 12.8 Å². The molecular weight excluding hydrogens is 455 g/mol. The van der Waals surface area contributed by atoms with Crippen molar-refractivity contribution in [2.45, 2.75) is 19.8 Å². The second-order valence-electron chi connectivity index (χ2n) is 7.94. The van der Waals surface area contributed by atoms with Gasteiger partial charge in [0.15, 0.2) is 0 Å². The number of H-pyrrole nitrogens is 1. The average Bonchev–Trinajstić information content (AvgIpc) is 3.60. The normalized spacial score (nSPS) is 13.3. The van der Waals surface area contributed by atoms with Crippen LogP contribution in [0.2, 0.25) is 0 Å². The van der Waals surface area contributed by atoms with Crippen molar-refractivity contribution >= 4 is 29.0 Å². The number of halogens is 1. The molecule has 0 atom stereocenters. The molecule has 4 heterocycles. The van der Waals surface area contributed by atoms with Gasteiger partial charge in [-0.05, 0) is 43.2 Å². The van der Waals surface area contributed by atoms with Crippen LogP contribution in [0.25, 0.3) is 32.5 Å². The number of aromatic nitrogens is 4. The van der Waals surface area contributed by atoms with Crippen molar-refractivity contribution in [3.63, 3.8) is 0 Å². The van der Waals surface area contributed by atoms with E-state index in [4.69, 9.17) is 4.98 Å². The van der Waals surface area contributed by atoms with Crippen LogP contribution in [0.4, 0.5) is 10.2 Å². The number of carbonyl (C=O) groups excluding carboxylic acids is 2. The molecule has 0 radical (unpaired) electrons. The summed E-state index contributed by atoms with van der Waals surface area (Å²) >= 11 is 1.33. The number of benzene rings is 1. The highest BCUT2D eigenvalue weighted by molar-refractivity contribution is 7.18. The summed E-state index contributed by atoms with van der Waals surface area (Å²) in [7, 11) is 0. The molecule has 8 nitrogen and oxygen atoms in total. The highest BCUT2D eigenvalue weighted by atomic mass is 32.1. The standard InChI is InChI=1S/C24H21FN6O2S/c1-14(32)29-19-13-15(6-7-26-19)23-30-20(21(34-23)22-27-8-9-28-22)17-12-16(4-5-18(17)25)24(33)31-10-2-3-11-31/h4-9,12-13H,2-3,10-11H2,1H3,(H,27,28)(H,26,29,32). The predicted molar refractivity (Wildman–Crippen MR) is 128 cm³/mol. The number of anilines is 1. The molecule has 1 aliphatic heterocycles. The van der Waals surface area contributed by atoms with Crippen molar-refractivity contribution in [1.82, 2.24) is 24.8 Å². The lowest BCUT2D eigenvalue weighted by Crippen LogP contribution is -2.27. The van der Waals surface area contributed by atoms with Gasteiger partial charge in [-0.2, -0.15) is 0 Å². The topological polar surface area (TPSA) is 104 Å². The summed E-state index contributed by atoms with van der Waals surface area (Å²) in [5.74, 6) is 0.123. The minimum atomic E-state index is -0.476. The van der Waals surface area contributed by atoms with Crippen LogP contribution in [0.5, 0.6) is 0 Å². The largest absolute Gasteiger partial charge is 0.344 e. The van der Waals surface area contributed by atoms with Gasteiger partial charge in [-0.25, -0.2) is 19.3 Å². The highest BCUT2D eigenvalue weighted by Crippen LogP contribution is 2.40. The fraction of sp³-hybridized carbons (Fsp3) is 0.208. The molecule has 1 aromatic carbocycles. The molecule has 2 N–H and O–H groups in total. The van der Waals surface area contributed by atoms with Gasteiger partial charge in [0.1, 0.15) is 22.5 Å². The first kappa shape index (κ1) is 21.9. The first-order valence-electron chi connectivity index (χ1n) is 10.8. The Morgan fingerprint density at radius 2 is 1.94 bits per heavy atom. The molecule has 4 aromatic rings. The number of carbonyl (C=O) groups is 2. The van der Waals surface area contributed by atoms with Gasteiger partial charge in [0.2, 0.25) is 5.91 Å². The fourth-order valence-corrected chi connectivity index (χ4v) is 4.97. The zero-order valence-electron chi connectivity index (χ0n) is 18.3. The van der Waals surface area contributed by atoms with E-state index < -0.39 is 5.82 Å². The Hall–Kier alpha value is -3.92. The van der Waals surface area contributed by atoms with E-state index in [9.17, 15) is 9.59 Å². The van der Waals surface area contributed by atoms with Crippen LogP contribution in [-0.2, 0) is 4.79 Å². The van der Waals surface area contributed by atoms with Gasteiger partial charge in [-0.1, -0.05) is 0 Å². The Labute approximate surface area is 198 Å². The second kappa shape index (κ2) is 9.14. The van der Waals surface area contributed by atoms with E-state index in [-0.39, 0.29) is 17.4 Å². The number of thiazole rings is 1. The minimum absolute atomic E-state index is 0.108. The van der Waals surface area contributed by atoms with Crippen molar-refractivity contribution in [2.24, 2.45) is 0 Å². The zero-order chi connectivity index (χ0) is 23.7. The molecule has 2 amide bonds. The monoisotopic (exact) mass is 476 g/mol. The number of rotatable bonds is 5. The predicted octanol–water partition coefficient (Wildman–Crippen LogP) is 4.60. The second-order valence-corrected chi connectivity index (χ2v) is 8.94. The van der Waals surface area contributed by atoms with Crippen molar-refractivity contribution in [2.75, 3.05) is 18.4 Å². The molecule has 0 saturated carbocycles. The van der Waals surface area contributed by atoms with E-state index >= 15 is 4.39 Å². The number of likely N-dealkylation sites (tertiary alicyclic amines) is 1. The molecule has 5 rings (SSSR count). The number of aromatic amines is 1. The van der Waals surface area contributed by atoms with Gasteiger partial charge in [0.05, 0.1) is 10.6 Å². The summed E-state index contributed by atoms with van der Waals surface area (Å²) in [6.07, 6.45) is 6.83. The number of hydrogen-bond donors (Lipinski definition) is 2. The van der Waals surface area contributed by atoms with Crippen LogP contribution in [0.15, 0.2) is 48.9 Å². The molecule has 0 aliphatic carbocycles. The van der Waals surface area contributed by atoms with Gasteiger partial charge in [-0.3, -0.25) is 9.59 Å². The van der Waals surface area contributed by atoms with Crippen LogP contribution in [0, 0.1) is 5.82 Å². The molecule has 0 spiro atoms. The Morgan fingerprint density at radius 1 is 1.12 bits per heavy atom. The zero-order valence-corrected chi connectivity index (χ0v) is 19.2. The maximum Gasteiger partial charge on any atom is 0.253 e. The van der Waals surface area contributed by atoms with E-state index in [1.165, 1.54) is 30.4 Å². The third kappa shape index (κ3) is 4.32. The van der Waals surface area contributed by atoms with Crippen molar-refractivity contribution in [3.8, 4) is 32.5 Å². The molecule has 3 aromatic heterocycles. The molecule has 10 heteroatoms. The number of nitrogens with one attached hydrogen (secondary N) is 2. The smallest absolute Gasteiger partial charge is 0.253 e. The Bertz CT molecular complexity index is 1360. The minimum Gasteiger partial charge on any atom is -0.344 e. The Kier molecular flexibility index (Phi) is 5.89. The summed E-state index contributed by atoms with van der Waals surface area (Å²) in [5, 5.41) is 3.26. The summed E-state index contributed by atoms with van der Waals surface area (Å²) < 4.78 is 15.1. The van der Waals surface area contributed by atoms with Crippen LogP contribution in [0.1, 0.15) is 30.1 Å². The lowest BCUT2D eigenvalue weighted by Gasteiger charge is -2.15. The highest BCUT2D eigenvalue weighted by Gasteiger charge is 2.24. The quantitative estimate of drug-likeness (QED) is 0.438. The Balaban J connectivity index is 1.60. The maximum atomic E-state index is 15.1. The van der Waals surface area contributed by atoms with Gasteiger partial charge >= 0.3 is 0 Å². The van der Waals surface area contributed by atoms with Crippen LogP contribution < -0.4 is 5.32 Å². The Morgan fingerprint density at radius 3 is 2.68 bits per heavy atom. The third-order valence-corrected chi connectivity index (χ3v) is 6.62. The van der Waals surface area contributed by atoms with E-state index in [1.807, 2.05) is 0 Å². The fourth-order valence-electron chi connectivity index (χ4n) is 3.93. The molecule has 1 saturated heterocycles. The van der Waals surface area contributed by atoms with Crippen LogP contribution >= 0.6 is 11.3 Å². The van der Waals surface area contributed by atoms with E-state index in [2.05, 4.69) is 20.3 Å². The van der Waals surface area contributed by atoms with Crippen molar-refractivity contribution in [1.29, 1.82) is 0 Å². The molecule has 34 heavy (non-hydrogen) atoms. The molecule has 172 valence electrons. The van der Waals surface area contributed by atoms with Gasteiger partial charge in [0, 0.05) is 55.3 Å². The number of pyridine rings is 1. The van der Waals surface area contributed by atoms with E-state index in [1.54, 1.807) is 41.7 Å². The van der Waals surface area contributed by atoms with Crippen molar-refractivity contribution < 1.29 is 14.0 Å². The number of hydrogen-bond acceptors (Lipinski definition) is 6. The summed E-state index contributed by atoms with van der Waals surface area (Å²) in [4.78, 5) is 43.1. The van der Waals surface area contributed by atoms with Crippen LogP contribution in [0.3, 0.4) is 0 Å². The number of imidazole rings is 1. The SMILES string of the molecule is CC(=O)Nc1cc(-c2nc(-c3cc(C(=O)N4CCCC4)ccc3F)c(-c3ncc[nH]3)s2)ccn1. The average molecular weight is 477 g/mol.